The van der Waals surface area contributed by atoms with Crippen molar-refractivity contribution in [3.05, 3.63) is 53.6 Å². The molecule has 4 rings (SSSR count). The Balaban J connectivity index is 2.17. The van der Waals surface area contributed by atoms with Crippen molar-refractivity contribution in [3.63, 3.8) is 0 Å². The molecule has 0 fully saturated rings. The van der Waals surface area contributed by atoms with Gasteiger partial charge < -0.3 is 5.11 Å². The number of fused-ring (bicyclic) bond motifs is 5. The van der Waals surface area contributed by atoms with Gasteiger partial charge in [0.15, 0.2) is 0 Å². The molecule has 0 saturated heterocycles. The minimum Gasteiger partial charge on any atom is -0.508 e. The Morgan fingerprint density at radius 3 is 2.56 bits per heavy atom. The largest absolute Gasteiger partial charge is 0.508 e. The molecule has 0 aromatic heterocycles. The van der Waals surface area contributed by atoms with Crippen molar-refractivity contribution >= 4 is 21.5 Å². The molecule has 0 radical (unpaired) electrons. The summed E-state index contributed by atoms with van der Waals surface area (Å²) < 4.78 is 0. The van der Waals surface area contributed by atoms with Crippen LogP contribution in [0.15, 0.2) is 42.5 Å². The lowest BCUT2D eigenvalue weighted by molar-refractivity contribution is 0.476. The lowest BCUT2D eigenvalue weighted by atomic mass is 9.96. The van der Waals surface area contributed by atoms with E-state index in [1.165, 1.54) is 46.5 Å². The van der Waals surface area contributed by atoms with Gasteiger partial charge in [-0.1, -0.05) is 30.3 Å². The average molecular weight is 234 g/mol. The molecule has 1 N–H and O–H groups in total. The van der Waals surface area contributed by atoms with Gasteiger partial charge in [-0.2, -0.15) is 0 Å². The zero-order valence-electron chi connectivity index (χ0n) is 10.1. The van der Waals surface area contributed by atoms with E-state index in [2.05, 4.69) is 24.3 Å². The van der Waals surface area contributed by atoms with E-state index in [9.17, 15) is 5.11 Å². The molecule has 18 heavy (non-hydrogen) atoms. The maximum Gasteiger partial charge on any atom is 0.116 e. The fraction of sp³-hybridized carbons (Fsp3) is 0.176. The SMILES string of the molecule is Oc1ccc2c(ccc3c4c(ccc32)CCC4)c1. The Morgan fingerprint density at radius 2 is 1.61 bits per heavy atom. The smallest absolute Gasteiger partial charge is 0.116 e. The molecule has 1 aliphatic rings. The van der Waals surface area contributed by atoms with Gasteiger partial charge in [-0.15, -0.1) is 0 Å². The van der Waals surface area contributed by atoms with Gasteiger partial charge in [-0.25, -0.2) is 0 Å². The van der Waals surface area contributed by atoms with Crippen molar-refractivity contribution in [2.75, 3.05) is 0 Å². The first-order valence-corrected chi connectivity index (χ1v) is 6.49. The summed E-state index contributed by atoms with van der Waals surface area (Å²) in [4.78, 5) is 0. The first kappa shape index (κ1) is 9.95. The van der Waals surface area contributed by atoms with Crippen LogP contribution in [0.3, 0.4) is 0 Å². The molecule has 0 aliphatic heterocycles. The van der Waals surface area contributed by atoms with Crippen LogP contribution < -0.4 is 0 Å². The summed E-state index contributed by atoms with van der Waals surface area (Å²) in [6, 6.07) is 14.5. The van der Waals surface area contributed by atoms with Crippen LogP contribution in [0.25, 0.3) is 21.5 Å². The molecular weight excluding hydrogens is 220 g/mol. The summed E-state index contributed by atoms with van der Waals surface area (Å²) in [5.74, 6) is 0.336. The van der Waals surface area contributed by atoms with E-state index in [1.807, 2.05) is 12.1 Å². The third-order valence-corrected chi connectivity index (χ3v) is 4.08. The second-order valence-electron chi connectivity index (χ2n) is 5.12. The monoisotopic (exact) mass is 234 g/mol. The van der Waals surface area contributed by atoms with Crippen molar-refractivity contribution in [1.82, 2.24) is 0 Å². The van der Waals surface area contributed by atoms with E-state index in [0.717, 1.165) is 5.39 Å². The number of phenolic OH excluding ortho intramolecular Hbond substituents is 1. The van der Waals surface area contributed by atoms with Crippen molar-refractivity contribution in [3.8, 4) is 5.75 Å². The molecule has 0 unspecified atom stereocenters. The van der Waals surface area contributed by atoms with E-state index in [-0.39, 0.29) is 0 Å². The van der Waals surface area contributed by atoms with Crippen molar-refractivity contribution < 1.29 is 5.11 Å². The highest BCUT2D eigenvalue weighted by atomic mass is 16.3. The number of aromatic hydroxyl groups is 1. The highest BCUT2D eigenvalue weighted by molar-refractivity contribution is 6.09. The zero-order valence-corrected chi connectivity index (χ0v) is 10.1. The lowest BCUT2D eigenvalue weighted by Crippen LogP contribution is -1.86. The maximum absolute atomic E-state index is 9.56. The second-order valence-corrected chi connectivity index (χ2v) is 5.12. The molecule has 1 aliphatic carbocycles. The van der Waals surface area contributed by atoms with Crippen LogP contribution in [0.2, 0.25) is 0 Å². The number of hydrogen-bond donors (Lipinski definition) is 1. The van der Waals surface area contributed by atoms with Gasteiger partial charge in [0.25, 0.3) is 0 Å². The Kier molecular flexibility index (Phi) is 1.93. The minimum absolute atomic E-state index is 0.336. The average Bonchev–Trinajstić information content (AvgIpc) is 2.86. The van der Waals surface area contributed by atoms with Crippen LogP contribution in [0, 0.1) is 0 Å². The molecule has 0 saturated carbocycles. The van der Waals surface area contributed by atoms with Gasteiger partial charge in [0, 0.05) is 0 Å². The third kappa shape index (κ3) is 1.28. The van der Waals surface area contributed by atoms with Gasteiger partial charge >= 0.3 is 0 Å². The summed E-state index contributed by atoms with van der Waals surface area (Å²) in [5, 5.41) is 14.6. The quantitative estimate of drug-likeness (QED) is 0.578. The van der Waals surface area contributed by atoms with Crippen LogP contribution in [-0.2, 0) is 12.8 Å². The van der Waals surface area contributed by atoms with Gasteiger partial charge in [-0.3, -0.25) is 0 Å². The lowest BCUT2D eigenvalue weighted by Gasteiger charge is -2.09. The normalized spacial score (nSPS) is 14.2. The highest BCUT2D eigenvalue weighted by Gasteiger charge is 2.14. The Labute approximate surface area is 106 Å². The van der Waals surface area contributed by atoms with Crippen LogP contribution in [-0.4, -0.2) is 5.11 Å². The topological polar surface area (TPSA) is 20.2 Å². The maximum atomic E-state index is 9.56. The standard InChI is InChI=1S/C17H14O/c18-13-6-9-15-12(10-13)5-8-16-14-3-1-2-11(14)4-7-17(15)16/h4-10,18H,1-3H2. The molecule has 0 atom stereocenters. The molecule has 0 heterocycles. The first-order valence-electron chi connectivity index (χ1n) is 6.49. The summed E-state index contributed by atoms with van der Waals surface area (Å²) in [5.41, 5.74) is 3.04. The summed E-state index contributed by atoms with van der Waals surface area (Å²) in [6.07, 6.45) is 3.71. The summed E-state index contributed by atoms with van der Waals surface area (Å²) >= 11 is 0. The molecule has 3 aromatic rings. The fourth-order valence-electron chi connectivity index (χ4n) is 3.23. The van der Waals surface area contributed by atoms with E-state index in [0.29, 0.717) is 5.75 Å². The molecular formula is C17H14O. The molecule has 0 amide bonds. The molecule has 0 bridgehead atoms. The third-order valence-electron chi connectivity index (χ3n) is 4.08. The van der Waals surface area contributed by atoms with Gasteiger partial charge in [0.05, 0.1) is 0 Å². The Hall–Kier alpha value is -2.02. The predicted octanol–water partition coefficient (Wildman–Crippen LogP) is 4.19. The van der Waals surface area contributed by atoms with Crippen molar-refractivity contribution in [1.29, 1.82) is 0 Å². The zero-order chi connectivity index (χ0) is 12.1. The van der Waals surface area contributed by atoms with E-state index in [1.54, 1.807) is 6.07 Å². The van der Waals surface area contributed by atoms with Crippen LogP contribution >= 0.6 is 0 Å². The fourth-order valence-corrected chi connectivity index (χ4v) is 3.23. The predicted molar refractivity (Wildman–Crippen MR) is 75.1 cm³/mol. The number of benzene rings is 3. The summed E-state index contributed by atoms with van der Waals surface area (Å²) in [6.45, 7) is 0. The second kappa shape index (κ2) is 3.49. The highest BCUT2D eigenvalue weighted by Crippen LogP contribution is 2.34. The number of hydrogen-bond acceptors (Lipinski definition) is 1. The van der Waals surface area contributed by atoms with E-state index in [4.69, 9.17) is 0 Å². The Morgan fingerprint density at radius 1 is 0.778 bits per heavy atom. The van der Waals surface area contributed by atoms with Gasteiger partial charge in [0.2, 0.25) is 0 Å². The van der Waals surface area contributed by atoms with Crippen LogP contribution in [0.1, 0.15) is 17.5 Å². The van der Waals surface area contributed by atoms with Crippen molar-refractivity contribution in [2.24, 2.45) is 0 Å². The Bertz CT molecular complexity index is 771. The van der Waals surface area contributed by atoms with Crippen LogP contribution in [0.5, 0.6) is 5.75 Å². The molecule has 1 heteroatoms. The number of phenols is 1. The van der Waals surface area contributed by atoms with E-state index < -0.39 is 0 Å². The van der Waals surface area contributed by atoms with Crippen molar-refractivity contribution in [2.45, 2.75) is 19.3 Å². The first-order chi connectivity index (χ1) is 8.83. The van der Waals surface area contributed by atoms with Gasteiger partial charge in [0.1, 0.15) is 5.75 Å². The molecule has 1 nitrogen and oxygen atoms in total. The molecule has 3 aromatic carbocycles. The minimum atomic E-state index is 0.336. The number of rotatable bonds is 0. The number of aryl methyl sites for hydroxylation is 2. The molecule has 88 valence electrons. The van der Waals surface area contributed by atoms with Crippen LogP contribution in [0.4, 0.5) is 0 Å². The van der Waals surface area contributed by atoms with Gasteiger partial charge in [-0.05, 0) is 64.1 Å². The molecule has 0 spiro atoms. The van der Waals surface area contributed by atoms with E-state index >= 15 is 0 Å². The summed E-state index contributed by atoms with van der Waals surface area (Å²) in [7, 11) is 0.